The summed E-state index contributed by atoms with van der Waals surface area (Å²) in [6, 6.07) is -5.42. The minimum Gasteiger partial charge on any atom is -0.480 e. The molecule has 1 saturated heterocycles. The Morgan fingerprint density at radius 2 is 1.64 bits per heavy atom. The van der Waals surface area contributed by atoms with Gasteiger partial charge in [0.1, 0.15) is 24.2 Å². The normalized spacial score (nSPS) is 17.3. The molecule has 0 spiro atoms. The van der Waals surface area contributed by atoms with E-state index in [1.807, 2.05) is 13.8 Å². The number of hydrogen-bond acceptors (Lipinski definition) is 9. The first-order valence-corrected chi connectivity index (χ1v) is 14.7. The SMILES string of the molecule is CC(C)CC(N)C(=O)NC(C(=O)NCC(=O)NC(CCCN=C(N)N)C(=O)N1CCCC1C(=O)NC(CO)C(=O)O)C(C)C. The third-order valence-corrected chi connectivity index (χ3v) is 6.95. The number of nitrogens with one attached hydrogen (secondary N) is 4. The minimum absolute atomic E-state index is 0.0902. The molecule has 1 aliphatic rings. The fraction of sp³-hybridized carbons (Fsp3) is 0.741. The fourth-order valence-corrected chi connectivity index (χ4v) is 4.65. The lowest BCUT2D eigenvalue weighted by Gasteiger charge is -2.29. The molecule has 0 aromatic heterocycles. The summed E-state index contributed by atoms with van der Waals surface area (Å²) in [5.41, 5.74) is 16.7. The zero-order valence-corrected chi connectivity index (χ0v) is 25.9. The molecule has 250 valence electrons. The summed E-state index contributed by atoms with van der Waals surface area (Å²) in [6.07, 6.45) is 1.51. The predicted octanol–water partition coefficient (Wildman–Crippen LogP) is -3.29. The zero-order valence-electron chi connectivity index (χ0n) is 25.9. The van der Waals surface area contributed by atoms with Crippen molar-refractivity contribution < 1.29 is 39.0 Å². The lowest BCUT2D eigenvalue weighted by molar-refractivity contribution is -0.145. The number of carbonyl (C=O) groups is 6. The standard InChI is InChI=1S/C27H49N9O8/c1-14(2)11-16(28)22(39)35-21(15(3)4)24(41)32-12-20(38)33-17(7-5-9-31-27(29)30)25(42)36-10-6-8-19(36)23(40)34-18(13-37)26(43)44/h14-19,21,37H,5-13,28H2,1-4H3,(H,32,41)(H,33,38)(H,34,40)(H,35,39)(H,43,44)(H4,29,30,31). The monoisotopic (exact) mass is 627 g/mol. The Hall–Kier alpha value is -3.99. The van der Waals surface area contributed by atoms with Crippen LogP contribution in [0.5, 0.6) is 0 Å². The van der Waals surface area contributed by atoms with Gasteiger partial charge in [-0.05, 0) is 43.9 Å². The lowest BCUT2D eigenvalue weighted by Crippen LogP contribution is -2.57. The van der Waals surface area contributed by atoms with Gasteiger partial charge in [0.15, 0.2) is 5.96 Å². The number of hydrogen-bond donors (Lipinski definition) is 9. The molecule has 0 bridgehead atoms. The van der Waals surface area contributed by atoms with Gasteiger partial charge in [0.2, 0.25) is 29.5 Å². The Labute approximate surface area is 257 Å². The van der Waals surface area contributed by atoms with E-state index in [-0.39, 0.29) is 50.1 Å². The number of rotatable bonds is 18. The smallest absolute Gasteiger partial charge is 0.328 e. The summed E-state index contributed by atoms with van der Waals surface area (Å²) < 4.78 is 0. The maximum Gasteiger partial charge on any atom is 0.328 e. The summed E-state index contributed by atoms with van der Waals surface area (Å²) >= 11 is 0. The maximum atomic E-state index is 13.5. The van der Waals surface area contributed by atoms with E-state index in [4.69, 9.17) is 22.3 Å². The molecule has 5 unspecified atom stereocenters. The van der Waals surface area contributed by atoms with Crippen molar-refractivity contribution in [1.29, 1.82) is 0 Å². The van der Waals surface area contributed by atoms with Crippen molar-refractivity contribution in [1.82, 2.24) is 26.2 Å². The molecule has 0 radical (unpaired) electrons. The second-order valence-corrected chi connectivity index (χ2v) is 11.5. The molecule has 1 aliphatic heterocycles. The van der Waals surface area contributed by atoms with Crippen LogP contribution in [0.25, 0.3) is 0 Å². The van der Waals surface area contributed by atoms with Crippen molar-refractivity contribution in [3.05, 3.63) is 0 Å². The molecule has 12 N–H and O–H groups in total. The Morgan fingerprint density at radius 1 is 0.977 bits per heavy atom. The van der Waals surface area contributed by atoms with Crippen LogP contribution in [0.2, 0.25) is 0 Å². The number of guanidine groups is 1. The van der Waals surface area contributed by atoms with E-state index < -0.39 is 78.9 Å². The quantitative estimate of drug-likeness (QED) is 0.0412. The van der Waals surface area contributed by atoms with E-state index >= 15 is 0 Å². The van der Waals surface area contributed by atoms with Crippen molar-refractivity contribution in [3.8, 4) is 0 Å². The molecule has 5 amide bonds. The summed E-state index contributed by atoms with van der Waals surface area (Å²) in [5, 5.41) is 28.3. The number of aliphatic hydroxyl groups is 1. The second-order valence-electron chi connectivity index (χ2n) is 11.5. The van der Waals surface area contributed by atoms with Gasteiger partial charge in [0.25, 0.3) is 0 Å². The van der Waals surface area contributed by atoms with Crippen LogP contribution in [-0.4, -0.2) is 113 Å². The number of carboxylic acids is 1. The molecule has 17 heteroatoms. The molecule has 44 heavy (non-hydrogen) atoms. The molecule has 17 nitrogen and oxygen atoms in total. The van der Waals surface area contributed by atoms with Crippen molar-refractivity contribution in [2.45, 2.75) is 90.0 Å². The van der Waals surface area contributed by atoms with Crippen LogP contribution in [0.3, 0.4) is 0 Å². The molecule has 1 fully saturated rings. The van der Waals surface area contributed by atoms with E-state index in [1.165, 1.54) is 4.90 Å². The summed E-state index contributed by atoms with van der Waals surface area (Å²) in [7, 11) is 0. The molecule has 5 atom stereocenters. The van der Waals surface area contributed by atoms with Gasteiger partial charge in [0.05, 0.1) is 19.2 Å². The minimum atomic E-state index is -1.54. The van der Waals surface area contributed by atoms with Crippen molar-refractivity contribution >= 4 is 41.5 Å². The van der Waals surface area contributed by atoms with Gasteiger partial charge in [-0.15, -0.1) is 0 Å². The van der Waals surface area contributed by atoms with Gasteiger partial charge in [0, 0.05) is 13.1 Å². The first-order chi connectivity index (χ1) is 20.6. The number of aliphatic carboxylic acids is 1. The Kier molecular flexibility index (Phi) is 16.1. The Morgan fingerprint density at radius 3 is 2.18 bits per heavy atom. The van der Waals surface area contributed by atoms with Gasteiger partial charge in [-0.1, -0.05) is 27.7 Å². The third-order valence-electron chi connectivity index (χ3n) is 6.95. The first-order valence-electron chi connectivity index (χ1n) is 14.7. The van der Waals surface area contributed by atoms with Crippen LogP contribution in [-0.2, 0) is 28.8 Å². The highest BCUT2D eigenvalue weighted by atomic mass is 16.4. The number of carbonyl (C=O) groups excluding carboxylic acids is 5. The number of nitrogens with two attached hydrogens (primary N) is 3. The molecule has 0 aromatic carbocycles. The van der Waals surface area contributed by atoms with E-state index in [9.17, 15) is 33.9 Å². The average Bonchev–Trinajstić information content (AvgIpc) is 3.43. The number of nitrogens with zero attached hydrogens (tertiary/aromatic N) is 2. The van der Waals surface area contributed by atoms with E-state index in [0.29, 0.717) is 12.8 Å². The molecule has 0 saturated carbocycles. The second kappa shape index (κ2) is 18.6. The lowest BCUT2D eigenvalue weighted by atomic mass is 10.0. The Bertz CT molecular complexity index is 1050. The van der Waals surface area contributed by atoms with Crippen LogP contribution in [0.4, 0.5) is 0 Å². The van der Waals surface area contributed by atoms with Gasteiger partial charge in [-0.25, -0.2) is 4.79 Å². The molecule has 0 aliphatic carbocycles. The van der Waals surface area contributed by atoms with Crippen LogP contribution < -0.4 is 38.5 Å². The fourth-order valence-electron chi connectivity index (χ4n) is 4.65. The largest absolute Gasteiger partial charge is 0.480 e. The predicted molar refractivity (Wildman–Crippen MR) is 160 cm³/mol. The van der Waals surface area contributed by atoms with Crippen molar-refractivity contribution in [2.75, 3.05) is 26.2 Å². The number of aliphatic imine (C=N–C) groups is 1. The van der Waals surface area contributed by atoms with Gasteiger partial charge >= 0.3 is 5.97 Å². The first kappa shape index (κ1) is 38.0. The third kappa shape index (κ3) is 12.7. The molecule has 1 heterocycles. The topological polar surface area (TPSA) is 285 Å². The zero-order chi connectivity index (χ0) is 33.6. The van der Waals surface area contributed by atoms with Crippen LogP contribution in [0.15, 0.2) is 4.99 Å². The molecular formula is C27H49N9O8. The number of carboxylic acid groups (broad SMARTS) is 1. The van der Waals surface area contributed by atoms with Gasteiger partial charge in [-0.2, -0.15) is 0 Å². The average molecular weight is 628 g/mol. The molecule has 1 rings (SSSR count). The van der Waals surface area contributed by atoms with Crippen LogP contribution in [0.1, 0.15) is 59.8 Å². The van der Waals surface area contributed by atoms with E-state index in [0.717, 1.165) is 0 Å². The highest BCUT2D eigenvalue weighted by Gasteiger charge is 2.38. The highest BCUT2D eigenvalue weighted by molar-refractivity contribution is 5.95. The molecular weight excluding hydrogens is 578 g/mol. The van der Waals surface area contributed by atoms with Crippen LogP contribution >= 0.6 is 0 Å². The van der Waals surface area contributed by atoms with Gasteiger partial charge < -0.3 is 53.6 Å². The number of aliphatic hydroxyl groups excluding tert-OH is 1. The summed E-state index contributed by atoms with van der Waals surface area (Å²) in [4.78, 5) is 81.0. The number of likely N-dealkylation sites (tertiary alicyclic amines) is 1. The van der Waals surface area contributed by atoms with E-state index in [1.54, 1.807) is 13.8 Å². The number of amides is 5. The molecule has 0 aromatic rings. The van der Waals surface area contributed by atoms with Gasteiger partial charge in [-0.3, -0.25) is 29.0 Å². The van der Waals surface area contributed by atoms with Crippen molar-refractivity contribution in [2.24, 2.45) is 34.0 Å². The van der Waals surface area contributed by atoms with E-state index in [2.05, 4.69) is 26.3 Å². The van der Waals surface area contributed by atoms with Crippen molar-refractivity contribution in [3.63, 3.8) is 0 Å². The maximum absolute atomic E-state index is 13.5. The van der Waals surface area contributed by atoms with Crippen LogP contribution in [0, 0.1) is 11.8 Å². The summed E-state index contributed by atoms with van der Waals surface area (Å²) in [5.74, 6) is -4.85. The summed E-state index contributed by atoms with van der Waals surface area (Å²) in [6.45, 7) is 6.30. The Balaban J connectivity index is 2.96. The highest BCUT2D eigenvalue weighted by Crippen LogP contribution is 2.20.